The van der Waals surface area contributed by atoms with Gasteiger partial charge in [-0.05, 0) is 39.0 Å². The molecule has 1 aromatic rings. The lowest BCUT2D eigenvalue weighted by Crippen LogP contribution is -2.32. The number of nitrogens with zero attached hydrogens (tertiary/aromatic N) is 2. The van der Waals surface area contributed by atoms with Crippen molar-refractivity contribution in [2.45, 2.75) is 57.1 Å². The van der Waals surface area contributed by atoms with E-state index in [0.29, 0.717) is 5.92 Å². The summed E-state index contributed by atoms with van der Waals surface area (Å²) in [6.45, 7) is 1.87. The Morgan fingerprint density at radius 2 is 2.12 bits per heavy atom. The highest BCUT2D eigenvalue weighted by molar-refractivity contribution is 5.15. The molecule has 1 aromatic heterocycles. The topological polar surface area (TPSA) is 55.1 Å². The van der Waals surface area contributed by atoms with Crippen molar-refractivity contribution in [1.82, 2.24) is 9.55 Å². The van der Waals surface area contributed by atoms with Crippen LogP contribution in [0.1, 0.15) is 55.6 Å². The van der Waals surface area contributed by atoms with Gasteiger partial charge in [-0.15, -0.1) is 0 Å². The zero-order valence-electron chi connectivity index (χ0n) is 10.1. The van der Waals surface area contributed by atoms with Crippen LogP contribution >= 0.6 is 0 Å². The lowest BCUT2D eigenvalue weighted by molar-refractivity contribution is 0.133. The predicted molar refractivity (Wildman–Crippen MR) is 64.1 cm³/mol. The van der Waals surface area contributed by atoms with Crippen molar-refractivity contribution in [3.63, 3.8) is 0 Å². The maximum atomic E-state index is 12.1. The van der Waals surface area contributed by atoms with Gasteiger partial charge in [0.2, 0.25) is 0 Å². The van der Waals surface area contributed by atoms with Crippen LogP contribution in [-0.4, -0.2) is 20.8 Å². The third kappa shape index (κ3) is 1.90. The standard InChI is InChI=1S/C13H18N2O2/c1-8-14-10(9-5-6-9)7-13(17)15(8)11-3-2-4-12(11)16/h7,9,11-12,16H,2-6H2,1H3. The smallest absolute Gasteiger partial charge is 0.254 e. The Hall–Kier alpha value is -1.16. The summed E-state index contributed by atoms with van der Waals surface area (Å²) >= 11 is 0. The summed E-state index contributed by atoms with van der Waals surface area (Å²) in [5, 5.41) is 9.89. The van der Waals surface area contributed by atoms with Gasteiger partial charge in [-0.25, -0.2) is 4.98 Å². The van der Waals surface area contributed by atoms with E-state index >= 15 is 0 Å². The third-order valence-electron chi connectivity index (χ3n) is 3.92. The minimum Gasteiger partial charge on any atom is -0.391 e. The molecule has 4 heteroatoms. The maximum Gasteiger partial charge on any atom is 0.254 e. The Labute approximate surface area is 100 Å². The number of aryl methyl sites for hydroxylation is 1. The number of hydrogen-bond donors (Lipinski definition) is 1. The van der Waals surface area contributed by atoms with Crippen LogP contribution in [-0.2, 0) is 0 Å². The fraction of sp³-hybridized carbons (Fsp3) is 0.692. The molecule has 0 bridgehead atoms. The summed E-state index contributed by atoms with van der Waals surface area (Å²) < 4.78 is 1.68. The molecule has 92 valence electrons. The van der Waals surface area contributed by atoms with E-state index in [1.54, 1.807) is 10.6 Å². The van der Waals surface area contributed by atoms with Gasteiger partial charge in [-0.1, -0.05) is 0 Å². The second kappa shape index (κ2) is 3.95. The molecule has 1 heterocycles. The van der Waals surface area contributed by atoms with Crippen LogP contribution in [0.15, 0.2) is 10.9 Å². The van der Waals surface area contributed by atoms with Crippen molar-refractivity contribution < 1.29 is 5.11 Å². The summed E-state index contributed by atoms with van der Waals surface area (Å²) in [5.74, 6) is 1.26. The molecule has 0 amide bonds. The van der Waals surface area contributed by atoms with E-state index in [1.165, 1.54) is 0 Å². The van der Waals surface area contributed by atoms with E-state index < -0.39 is 0 Å². The van der Waals surface area contributed by atoms with Crippen LogP contribution in [0.25, 0.3) is 0 Å². The van der Waals surface area contributed by atoms with E-state index in [2.05, 4.69) is 4.98 Å². The van der Waals surface area contributed by atoms with Crippen LogP contribution in [0.4, 0.5) is 0 Å². The molecular weight excluding hydrogens is 216 g/mol. The van der Waals surface area contributed by atoms with Crippen LogP contribution < -0.4 is 5.56 Å². The van der Waals surface area contributed by atoms with E-state index in [1.807, 2.05) is 6.92 Å². The first kappa shape index (κ1) is 11.0. The van der Waals surface area contributed by atoms with Crippen LogP contribution in [0.2, 0.25) is 0 Å². The van der Waals surface area contributed by atoms with Gasteiger partial charge >= 0.3 is 0 Å². The van der Waals surface area contributed by atoms with Gasteiger partial charge in [0.15, 0.2) is 0 Å². The number of aliphatic hydroxyl groups is 1. The zero-order valence-corrected chi connectivity index (χ0v) is 10.1. The lowest BCUT2D eigenvalue weighted by atomic mass is 10.2. The molecule has 3 rings (SSSR count). The zero-order chi connectivity index (χ0) is 12.0. The number of aromatic nitrogens is 2. The Kier molecular flexibility index (Phi) is 2.54. The SMILES string of the molecule is Cc1nc(C2CC2)cc(=O)n1C1CCCC1O. The van der Waals surface area contributed by atoms with E-state index in [-0.39, 0.29) is 17.7 Å². The van der Waals surface area contributed by atoms with E-state index in [9.17, 15) is 9.90 Å². The lowest BCUT2D eigenvalue weighted by Gasteiger charge is -2.20. The van der Waals surface area contributed by atoms with Crippen LogP contribution in [0.5, 0.6) is 0 Å². The molecule has 0 saturated heterocycles. The van der Waals surface area contributed by atoms with E-state index in [4.69, 9.17) is 0 Å². The number of aliphatic hydroxyl groups excluding tert-OH is 1. The molecule has 0 aliphatic heterocycles. The Balaban J connectivity index is 2.01. The minimum absolute atomic E-state index is 0.00495. The molecule has 0 radical (unpaired) electrons. The van der Waals surface area contributed by atoms with Crippen LogP contribution in [0, 0.1) is 6.92 Å². The van der Waals surface area contributed by atoms with Gasteiger partial charge in [0, 0.05) is 12.0 Å². The maximum absolute atomic E-state index is 12.1. The number of hydrogen-bond acceptors (Lipinski definition) is 3. The first-order chi connectivity index (χ1) is 8.16. The first-order valence-electron chi connectivity index (χ1n) is 6.45. The molecule has 1 N–H and O–H groups in total. The number of rotatable bonds is 2. The summed E-state index contributed by atoms with van der Waals surface area (Å²) in [7, 11) is 0. The van der Waals surface area contributed by atoms with Crippen molar-refractivity contribution in [1.29, 1.82) is 0 Å². The van der Waals surface area contributed by atoms with Crippen molar-refractivity contribution in [2.24, 2.45) is 0 Å². The molecule has 2 fully saturated rings. The summed E-state index contributed by atoms with van der Waals surface area (Å²) in [5.41, 5.74) is 0.946. The highest BCUT2D eigenvalue weighted by Gasteiger charge is 2.31. The summed E-state index contributed by atoms with van der Waals surface area (Å²) in [6, 6.07) is 1.60. The van der Waals surface area contributed by atoms with Gasteiger partial charge in [0.1, 0.15) is 5.82 Å². The summed E-state index contributed by atoms with van der Waals surface area (Å²) in [6.07, 6.45) is 4.58. The Morgan fingerprint density at radius 3 is 2.65 bits per heavy atom. The average molecular weight is 234 g/mol. The summed E-state index contributed by atoms with van der Waals surface area (Å²) in [4.78, 5) is 16.7. The predicted octanol–water partition coefficient (Wildman–Crippen LogP) is 1.52. The average Bonchev–Trinajstić information content (AvgIpc) is 3.03. The molecule has 2 aliphatic rings. The molecule has 2 saturated carbocycles. The molecule has 17 heavy (non-hydrogen) atoms. The molecule has 2 atom stereocenters. The molecule has 2 aliphatic carbocycles. The largest absolute Gasteiger partial charge is 0.391 e. The second-order valence-corrected chi connectivity index (χ2v) is 5.28. The second-order valence-electron chi connectivity index (χ2n) is 5.28. The highest BCUT2D eigenvalue weighted by Crippen LogP contribution is 2.38. The minimum atomic E-state index is -0.389. The quantitative estimate of drug-likeness (QED) is 0.844. The fourth-order valence-corrected chi connectivity index (χ4v) is 2.84. The third-order valence-corrected chi connectivity index (χ3v) is 3.92. The Bertz CT molecular complexity index is 491. The van der Waals surface area contributed by atoms with Crippen molar-refractivity contribution in [3.05, 3.63) is 27.9 Å². The van der Waals surface area contributed by atoms with Crippen molar-refractivity contribution in [2.75, 3.05) is 0 Å². The van der Waals surface area contributed by atoms with Gasteiger partial charge in [0.05, 0.1) is 17.8 Å². The molecule has 0 spiro atoms. The highest BCUT2D eigenvalue weighted by atomic mass is 16.3. The van der Waals surface area contributed by atoms with Gasteiger partial charge in [-0.3, -0.25) is 9.36 Å². The Morgan fingerprint density at radius 1 is 1.35 bits per heavy atom. The fourth-order valence-electron chi connectivity index (χ4n) is 2.84. The van der Waals surface area contributed by atoms with Crippen molar-refractivity contribution in [3.8, 4) is 0 Å². The van der Waals surface area contributed by atoms with Crippen molar-refractivity contribution >= 4 is 0 Å². The normalized spacial score (nSPS) is 28.6. The molecular formula is C13H18N2O2. The first-order valence-corrected chi connectivity index (χ1v) is 6.45. The molecule has 2 unspecified atom stereocenters. The van der Waals surface area contributed by atoms with Gasteiger partial charge in [0.25, 0.3) is 5.56 Å². The molecule has 4 nitrogen and oxygen atoms in total. The molecule has 0 aromatic carbocycles. The monoisotopic (exact) mass is 234 g/mol. The van der Waals surface area contributed by atoms with Gasteiger partial charge < -0.3 is 5.11 Å². The van der Waals surface area contributed by atoms with E-state index in [0.717, 1.165) is 43.6 Å². The van der Waals surface area contributed by atoms with Gasteiger partial charge in [-0.2, -0.15) is 0 Å². The van der Waals surface area contributed by atoms with Crippen LogP contribution in [0.3, 0.4) is 0 Å².